The summed E-state index contributed by atoms with van der Waals surface area (Å²) in [6.07, 6.45) is 4.47. The van der Waals surface area contributed by atoms with Gasteiger partial charge in [-0.25, -0.2) is 4.98 Å². The number of hydrogen-bond acceptors (Lipinski definition) is 6. The second-order valence-electron chi connectivity index (χ2n) is 9.23. The fraction of sp³-hybridized carbons (Fsp3) is 0.393. The normalized spacial score (nSPS) is 16.3. The first-order valence-electron chi connectivity index (χ1n) is 12.1. The molecule has 0 amide bonds. The van der Waals surface area contributed by atoms with E-state index in [0.29, 0.717) is 17.9 Å². The summed E-state index contributed by atoms with van der Waals surface area (Å²) in [6, 6.07) is 14.2. The first kappa shape index (κ1) is 24.9. The molecule has 0 spiro atoms. The predicted molar refractivity (Wildman–Crippen MR) is 138 cm³/mol. The van der Waals surface area contributed by atoms with E-state index in [0.717, 1.165) is 47.8 Å². The SMILES string of the molecule is CCc1c(CN2CCCC(C(=O)O)C2)cccc1-c1cnc(-c2ccc(OC(C)C)c(C#N)c2)s1. The van der Waals surface area contributed by atoms with Crippen molar-refractivity contribution in [2.45, 2.75) is 52.7 Å². The lowest BCUT2D eigenvalue weighted by atomic mass is 9.95. The minimum absolute atomic E-state index is 0.000828. The van der Waals surface area contributed by atoms with Crippen LogP contribution in [-0.2, 0) is 17.8 Å². The molecule has 1 unspecified atom stereocenters. The van der Waals surface area contributed by atoms with Gasteiger partial charge in [-0.05, 0) is 74.5 Å². The van der Waals surface area contributed by atoms with Crippen LogP contribution in [0.15, 0.2) is 42.6 Å². The Hall–Kier alpha value is -3.21. The fourth-order valence-electron chi connectivity index (χ4n) is 4.71. The van der Waals surface area contributed by atoms with Crippen LogP contribution in [0.25, 0.3) is 21.0 Å². The highest BCUT2D eigenvalue weighted by molar-refractivity contribution is 7.18. The van der Waals surface area contributed by atoms with E-state index >= 15 is 0 Å². The lowest BCUT2D eigenvalue weighted by molar-refractivity contribution is -0.143. The van der Waals surface area contributed by atoms with E-state index in [1.165, 1.54) is 16.7 Å². The zero-order chi connectivity index (χ0) is 24.9. The van der Waals surface area contributed by atoms with Crippen LogP contribution in [0.4, 0.5) is 0 Å². The van der Waals surface area contributed by atoms with Crippen molar-refractivity contribution in [1.29, 1.82) is 5.26 Å². The van der Waals surface area contributed by atoms with Gasteiger partial charge < -0.3 is 9.84 Å². The van der Waals surface area contributed by atoms with Gasteiger partial charge in [0.2, 0.25) is 0 Å². The highest BCUT2D eigenvalue weighted by Crippen LogP contribution is 2.37. The summed E-state index contributed by atoms with van der Waals surface area (Å²) in [7, 11) is 0. The number of piperidine rings is 1. The molecule has 0 saturated carbocycles. The number of rotatable bonds is 8. The maximum atomic E-state index is 11.5. The highest BCUT2D eigenvalue weighted by Gasteiger charge is 2.26. The topological polar surface area (TPSA) is 86.5 Å². The molecule has 1 saturated heterocycles. The van der Waals surface area contributed by atoms with Crippen LogP contribution in [0.3, 0.4) is 0 Å². The Kier molecular flexibility index (Phi) is 7.84. The number of thiazole rings is 1. The number of carboxylic acids is 1. The van der Waals surface area contributed by atoms with E-state index in [4.69, 9.17) is 4.74 Å². The van der Waals surface area contributed by atoms with E-state index in [2.05, 4.69) is 41.1 Å². The third-order valence-corrected chi connectivity index (χ3v) is 7.44. The molecule has 3 aromatic rings. The number of benzene rings is 2. The maximum absolute atomic E-state index is 11.5. The van der Waals surface area contributed by atoms with Crippen molar-refractivity contribution in [2.24, 2.45) is 5.92 Å². The fourth-order valence-corrected chi connectivity index (χ4v) is 5.68. The molecule has 4 rings (SSSR count). The molecule has 2 aromatic carbocycles. The Balaban J connectivity index is 1.60. The van der Waals surface area contributed by atoms with Crippen LogP contribution in [-0.4, -0.2) is 40.2 Å². The number of nitriles is 1. The largest absolute Gasteiger partial charge is 0.490 e. The van der Waals surface area contributed by atoms with E-state index in [-0.39, 0.29) is 12.0 Å². The van der Waals surface area contributed by atoms with Gasteiger partial charge in [-0.1, -0.05) is 25.1 Å². The molecular formula is C28H31N3O3S. The van der Waals surface area contributed by atoms with Crippen molar-refractivity contribution in [3.8, 4) is 32.8 Å². The first-order chi connectivity index (χ1) is 16.9. The lowest BCUT2D eigenvalue weighted by Gasteiger charge is -2.31. The number of likely N-dealkylation sites (tertiary alicyclic amines) is 1. The highest BCUT2D eigenvalue weighted by atomic mass is 32.1. The molecule has 7 heteroatoms. The summed E-state index contributed by atoms with van der Waals surface area (Å²) in [5, 5.41) is 19.9. The number of hydrogen-bond donors (Lipinski definition) is 1. The number of ether oxygens (including phenoxy) is 1. The Morgan fingerprint density at radius 1 is 1.34 bits per heavy atom. The quantitative estimate of drug-likeness (QED) is 0.418. The third kappa shape index (κ3) is 5.72. The molecule has 182 valence electrons. The summed E-state index contributed by atoms with van der Waals surface area (Å²) < 4.78 is 5.75. The molecular weight excluding hydrogens is 458 g/mol. The first-order valence-corrected chi connectivity index (χ1v) is 12.9. The molecule has 1 aliphatic heterocycles. The Morgan fingerprint density at radius 2 is 2.17 bits per heavy atom. The molecule has 1 N–H and O–H groups in total. The Labute approximate surface area is 210 Å². The van der Waals surface area contributed by atoms with Gasteiger partial charge in [-0.15, -0.1) is 11.3 Å². The van der Waals surface area contributed by atoms with Gasteiger partial charge >= 0.3 is 5.97 Å². The molecule has 0 radical (unpaired) electrons. The summed E-state index contributed by atoms with van der Waals surface area (Å²) >= 11 is 1.61. The van der Waals surface area contributed by atoms with Gasteiger partial charge in [0.05, 0.1) is 22.5 Å². The van der Waals surface area contributed by atoms with Gasteiger partial charge in [0.1, 0.15) is 16.8 Å². The van der Waals surface area contributed by atoms with Gasteiger partial charge in [-0.2, -0.15) is 5.26 Å². The van der Waals surface area contributed by atoms with Gasteiger partial charge in [0.15, 0.2) is 0 Å². The van der Waals surface area contributed by atoms with Crippen molar-refractivity contribution in [2.75, 3.05) is 13.1 Å². The van der Waals surface area contributed by atoms with E-state index in [1.807, 2.05) is 38.2 Å². The van der Waals surface area contributed by atoms with Crippen molar-refractivity contribution in [3.63, 3.8) is 0 Å². The van der Waals surface area contributed by atoms with Crippen molar-refractivity contribution < 1.29 is 14.6 Å². The number of nitrogens with zero attached hydrogens (tertiary/aromatic N) is 3. The summed E-state index contributed by atoms with van der Waals surface area (Å²) in [4.78, 5) is 19.5. The van der Waals surface area contributed by atoms with Crippen molar-refractivity contribution in [1.82, 2.24) is 9.88 Å². The van der Waals surface area contributed by atoms with Crippen LogP contribution in [0.2, 0.25) is 0 Å². The average Bonchev–Trinajstić information content (AvgIpc) is 3.34. The zero-order valence-electron chi connectivity index (χ0n) is 20.5. The summed E-state index contributed by atoms with van der Waals surface area (Å²) in [5.74, 6) is -0.386. The Bertz CT molecular complexity index is 1240. The van der Waals surface area contributed by atoms with Crippen LogP contribution in [0, 0.1) is 17.2 Å². The average molecular weight is 490 g/mol. The molecule has 1 atom stereocenters. The Morgan fingerprint density at radius 3 is 2.89 bits per heavy atom. The zero-order valence-corrected chi connectivity index (χ0v) is 21.3. The third-order valence-electron chi connectivity index (χ3n) is 6.36. The standard InChI is InChI=1S/C28H31N3O3S/c1-4-23-20(16-31-12-6-8-21(17-31)28(32)33)7-5-9-24(23)26-15-30-27(35-26)19-10-11-25(34-18(2)3)22(13-19)14-29/h5,7,9-11,13,15,18,21H,4,6,8,12,16-17H2,1-3H3,(H,32,33). The molecule has 6 nitrogen and oxygen atoms in total. The van der Waals surface area contributed by atoms with E-state index in [1.54, 1.807) is 11.3 Å². The van der Waals surface area contributed by atoms with Crippen LogP contribution in [0.5, 0.6) is 5.75 Å². The smallest absolute Gasteiger partial charge is 0.307 e. The minimum atomic E-state index is -0.695. The van der Waals surface area contributed by atoms with Crippen LogP contribution >= 0.6 is 11.3 Å². The predicted octanol–water partition coefficient (Wildman–Crippen LogP) is 5.99. The number of carbonyl (C=O) groups is 1. The van der Waals surface area contributed by atoms with E-state index in [9.17, 15) is 15.2 Å². The number of aromatic nitrogens is 1. The summed E-state index contributed by atoms with van der Waals surface area (Å²) in [5.41, 5.74) is 5.09. The molecule has 0 bridgehead atoms. The minimum Gasteiger partial charge on any atom is -0.490 e. The lowest BCUT2D eigenvalue weighted by Crippen LogP contribution is -2.38. The maximum Gasteiger partial charge on any atom is 0.307 e. The molecule has 0 aliphatic carbocycles. The number of aliphatic carboxylic acids is 1. The van der Waals surface area contributed by atoms with Crippen LogP contribution < -0.4 is 4.74 Å². The van der Waals surface area contributed by atoms with Gasteiger partial charge in [0.25, 0.3) is 0 Å². The van der Waals surface area contributed by atoms with Gasteiger partial charge in [-0.3, -0.25) is 9.69 Å². The molecule has 2 heterocycles. The van der Waals surface area contributed by atoms with Crippen molar-refractivity contribution >= 4 is 17.3 Å². The molecule has 35 heavy (non-hydrogen) atoms. The monoisotopic (exact) mass is 489 g/mol. The number of carboxylic acid groups (broad SMARTS) is 1. The second kappa shape index (κ2) is 11.0. The molecule has 1 aromatic heterocycles. The van der Waals surface area contributed by atoms with Crippen molar-refractivity contribution in [3.05, 3.63) is 59.3 Å². The molecule has 1 fully saturated rings. The molecule has 1 aliphatic rings. The van der Waals surface area contributed by atoms with Gasteiger partial charge in [0, 0.05) is 24.8 Å². The second-order valence-corrected chi connectivity index (χ2v) is 10.3. The van der Waals surface area contributed by atoms with Crippen LogP contribution in [0.1, 0.15) is 50.3 Å². The van der Waals surface area contributed by atoms with E-state index < -0.39 is 5.97 Å². The summed E-state index contributed by atoms with van der Waals surface area (Å²) in [6.45, 7) is 8.34.